The van der Waals surface area contributed by atoms with Gasteiger partial charge in [-0.2, -0.15) is 0 Å². The molecule has 0 saturated carbocycles. The number of hydrogen-bond donors (Lipinski definition) is 2. The first-order valence-electron chi connectivity index (χ1n) is 6.42. The van der Waals surface area contributed by atoms with Crippen molar-refractivity contribution in [3.05, 3.63) is 28.8 Å². The van der Waals surface area contributed by atoms with E-state index in [1.807, 2.05) is 13.8 Å². The van der Waals surface area contributed by atoms with E-state index >= 15 is 0 Å². The molecule has 0 bridgehead atoms. The molecule has 1 aromatic rings. The second-order valence-corrected chi connectivity index (χ2v) is 7.14. The third kappa shape index (κ3) is 4.09. The van der Waals surface area contributed by atoms with Gasteiger partial charge in [0.25, 0.3) is 0 Å². The number of benzene rings is 1. The van der Waals surface area contributed by atoms with Crippen molar-refractivity contribution in [1.82, 2.24) is 10.0 Å². The molecule has 2 N–H and O–H groups in total. The number of piperidine rings is 1. The molecule has 1 fully saturated rings. The summed E-state index contributed by atoms with van der Waals surface area (Å²) >= 11 is 5.99. The highest BCUT2D eigenvalue weighted by Crippen LogP contribution is 2.21. The van der Waals surface area contributed by atoms with E-state index < -0.39 is 10.0 Å². The summed E-state index contributed by atoms with van der Waals surface area (Å²) in [7, 11) is -3.51. The molecule has 0 aliphatic carbocycles. The SMILES string of the molecule is Cc1ccc(S(=O)(=O)NC2CCCNC2C)cc1Cl.Cl. The summed E-state index contributed by atoms with van der Waals surface area (Å²) in [5, 5.41) is 3.74. The Hall–Kier alpha value is -0.330. The molecule has 1 heterocycles. The van der Waals surface area contributed by atoms with E-state index in [0.717, 1.165) is 24.9 Å². The summed E-state index contributed by atoms with van der Waals surface area (Å²) in [5.41, 5.74) is 0.869. The Morgan fingerprint density at radius 1 is 1.40 bits per heavy atom. The molecule has 2 unspecified atom stereocenters. The van der Waals surface area contributed by atoms with Gasteiger partial charge in [-0.1, -0.05) is 17.7 Å². The molecule has 2 atom stereocenters. The Labute approximate surface area is 131 Å². The summed E-state index contributed by atoms with van der Waals surface area (Å²) < 4.78 is 27.4. The highest BCUT2D eigenvalue weighted by Gasteiger charge is 2.26. The van der Waals surface area contributed by atoms with Gasteiger partial charge in [-0.15, -0.1) is 12.4 Å². The molecule has 0 amide bonds. The van der Waals surface area contributed by atoms with Gasteiger partial charge in [0.2, 0.25) is 10.0 Å². The second kappa shape index (κ2) is 7.09. The fraction of sp³-hybridized carbons (Fsp3) is 0.538. The quantitative estimate of drug-likeness (QED) is 0.890. The average Bonchev–Trinajstić information content (AvgIpc) is 2.35. The fourth-order valence-electron chi connectivity index (χ4n) is 2.21. The van der Waals surface area contributed by atoms with E-state index in [4.69, 9.17) is 11.6 Å². The van der Waals surface area contributed by atoms with Crippen molar-refractivity contribution in [3.63, 3.8) is 0 Å². The zero-order valence-electron chi connectivity index (χ0n) is 11.5. The van der Waals surface area contributed by atoms with E-state index in [9.17, 15) is 8.42 Å². The summed E-state index contributed by atoms with van der Waals surface area (Å²) in [4.78, 5) is 0.223. The molecule has 0 aromatic heterocycles. The lowest BCUT2D eigenvalue weighted by Gasteiger charge is -2.30. The van der Waals surface area contributed by atoms with E-state index in [2.05, 4.69) is 10.0 Å². The van der Waals surface area contributed by atoms with Crippen LogP contribution in [0.25, 0.3) is 0 Å². The van der Waals surface area contributed by atoms with Crippen LogP contribution in [0.4, 0.5) is 0 Å². The zero-order valence-corrected chi connectivity index (χ0v) is 13.9. The Morgan fingerprint density at radius 2 is 2.10 bits per heavy atom. The maximum Gasteiger partial charge on any atom is 0.240 e. The van der Waals surface area contributed by atoms with Gasteiger partial charge in [0, 0.05) is 17.1 Å². The normalized spacial score (nSPS) is 23.1. The number of rotatable bonds is 3. The van der Waals surface area contributed by atoms with Crippen LogP contribution >= 0.6 is 24.0 Å². The molecule has 0 spiro atoms. The largest absolute Gasteiger partial charge is 0.313 e. The third-order valence-corrected chi connectivity index (χ3v) is 5.42. The topological polar surface area (TPSA) is 58.2 Å². The molecule has 7 heteroatoms. The molecule has 1 aliphatic heterocycles. The molecule has 2 rings (SSSR count). The summed E-state index contributed by atoms with van der Waals surface area (Å²) in [5.74, 6) is 0. The van der Waals surface area contributed by atoms with Crippen LogP contribution in [0.5, 0.6) is 0 Å². The van der Waals surface area contributed by atoms with E-state index in [1.54, 1.807) is 12.1 Å². The van der Waals surface area contributed by atoms with Crippen molar-refractivity contribution in [1.29, 1.82) is 0 Å². The Bertz CT molecular complexity index is 563. The summed E-state index contributed by atoms with van der Waals surface area (Å²) in [6, 6.07) is 4.88. The number of aryl methyl sites for hydroxylation is 1. The molecule has 1 aliphatic rings. The van der Waals surface area contributed by atoms with E-state index in [0.29, 0.717) is 5.02 Å². The molecule has 1 aromatic carbocycles. The van der Waals surface area contributed by atoms with Crippen molar-refractivity contribution in [2.45, 2.75) is 43.7 Å². The van der Waals surface area contributed by atoms with Crippen LogP contribution in [0.2, 0.25) is 5.02 Å². The van der Waals surface area contributed by atoms with Crippen molar-refractivity contribution >= 4 is 34.0 Å². The van der Waals surface area contributed by atoms with Crippen molar-refractivity contribution in [3.8, 4) is 0 Å². The summed E-state index contributed by atoms with van der Waals surface area (Å²) in [6.07, 6.45) is 1.83. The van der Waals surface area contributed by atoms with Crippen molar-refractivity contribution in [2.24, 2.45) is 0 Å². The van der Waals surface area contributed by atoms with Gasteiger partial charge in [-0.3, -0.25) is 0 Å². The minimum Gasteiger partial charge on any atom is -0.313 e. The lowest BCUT2D eigenvalue weighted by Crippen LogP contribution is -2.51. The maximum absolute atomic E-state index is 12.3. The zero-order chi connectivity index (χ0) is 14.0. The van der Waals surface area contributed by atoms with Gasteiger partial charge in [0.1, 0.15) is 0 Å². The molecule has 20 heavy (non-hydrogen) atoms. The highest BCUT2D eigenvalue weighted by molar-refractivity contribution is 7.89. The first-order valence-corrected chi connectivity index (χ1v) is 8.28. The minimum absolute atomic E-state index is 0. The van der Waals surface area contributed by atoms with Crippen LogP contribution in [-0.4, -0.2) is 27.0 Å². The standard InChI is InChI=1S/C13H19ClN2O2S.ClH/c1-9-5-6-11(8-12(9)14)19(17,18)16-13-4-3-7-15-10(13)2;/h5-6,8,10,13,15-16H,3-4,7H2,1-2H3;1H. The Kier molecular flexibility index (Phi) is 6.28. The van der Waals surface area contributed by atoms with Gasteiger partial charge in [-0.25, -0.2) is 13.1 Å². The fourth-order valence-corrected chi connectivity index (χ4v) is 3.84. The summed E-state index contributed by atoms with van der Waals surface area (Å²) in [6.45, 7) is 4.78. The van der Waals surface area contributed by atoms with Crippen molar-refractivity contribution < 1.29 is 8.42 Å². The Balaban J connectivity index is 0.00000200. The van der Waals surface area contributed by atoms with Crippen LogP contribution < -0.4 is 10.0 Å². The van der Waals surface area contributed by atoms with Gasteiger partial charge in [0.15, 0.2) is 0 Å². The van der Waals surface area contributed by atoms with Gasteiger partial charge in [-0.05, 0) is 50.9 Å². The second-order valence-electron chi connectivity index (χ2n) is 5.02. The molecule has 114 valence electrons. The van der Waals surface area contributed by atoms with Crippen LogP contribution in [-0.2, 0) is 10.0 Å². The third-order valence-electron chi connectivity index (χ3n) is 3.52. The number of halogens is 2. The molecular formula is C13H20Cl2N2O2S. The first kappa shape index (κ1) is 17.7. The number of hydrogen-bond acceptors (Lipinski definition) is 3. The first-order chi connectivity index (χ1) is 8.90. The van der Waals surface area contributed by atoms with E-state index in [-0.39, 0.29) is 29.4 Å². The van der Waals surface area contributed by atoms with Crippen molar-refractivity contribution in [2.75, 3.05) is 6.54 Å². The van der Waals surface area contributed by atoms with Crippen LogP contribution in [0.1, 0.15) is 25.3 Å². The predicted octanol–water partition coefficient (Wildman–Crippen LogP) is 2.49. The Morgan fingerprint density at radius 3 is 2.70 bits per heavy atom. The van der Waals surface area contributed by atoms with Gasteiger partial charge in [0.05, 0.1) is 4.90 Å². The minimum atomic E-state index is -3.51. The predicted molar refractivity (Wildman–Crippen MR) is 84.2 cm³/mol. The molecule has 0 radical (unpaired) electrons. The highest BCUT2D eigenvalue weighted by atomic mass is 35.5. The van der Waals surface area contributed by atoms with Crippen LogP contribution in [0.15, 0.2) is 23.1 Å². The number of sulfonamides is 1. The van der Waals surface area contributed by atoms with Crippen LogP contribution in [0, 0.1) is 6.92 Å². The maximum atomic E-state index is 12.3. The molecule has 1 saturated heterocycles. The lowest BCUT2D eigenvalue weighted by atomic mass is 10.0. The van der Waals surface area contributed by atoms with E-state index in [1.165, 1.54) is 6.07 Å². The lowest BCUT2D eigenvalue weighted by molar-refractivity contribution is 0.349. The smallest absolute Gasteiger partial charge is 0.240 e. The average molecular weight is 339 g/mol. The molecule has 4 nitrogen and oxygen atoms in total. The molecular weight excluding hydrogens is 319 g/mol. The van der Waals surface area contributed by atoms with Gasteiger partial charge < -0.3 is 5.32 Å². The number of nitrogens with one attached hydrogen (secondary N) is 2. The monoisotopic (exact) mass is 338 g/mol. The van der Waals surface area contributed by atoms with Gasteiger partial charge >= 0.3 is 0 Å². The van der Waals surface area contributed by atoms with Crippen LogP contribution in [0.3, 0.4) is 0 Å².